The van der Waals surface area contributed by atoms with Gasteiger partial charge in [-0.2, -0.15) is 12.7 Å². The molecular weight excluding hydrogens is 500 g/mol. The summed E-state index contributed by atoms with van der Waals surface area (Å²) in [5.41, 5.74) is 2.63. The van der Waals surface area contributed by atoms with Gasteiger partial charge in [-0.15, -0.1) is 0 Å². The molecule has 0 spiro atoms. The highest BCUT2D eigenvalue weighted by Gasteiger charge is 2.33. The van der Waals surface area contributed by atoms with Crippen molar-refractivity contribution >= 4 is 39.3 Å². The molecule has 2 unspecified atom stereocenters. The van der Waals surface area contributed by atoms with E-state index in [-0.39, 0.29) is 18.5 Å². The largest absolute Gasteiger partial charge is 0.352 e. The summed E-state index contributed by atoms with van der Waals surface area (Å²) in [5.74, 6) is -0.841. The molecule has 0 bridgehead atoms. The van der Waals surface area contributed by atoms with E-state index in [0.717, 1.165) is 20.6 Å². The molecule has 0 saturated heterocycles. The van der Waals surface area contributed by atoms with Crippen molar-refractivity contribution in [1.82, 2.24) is 14.5 Å². The van der Waals surface area contributed by atoms with Crippen molar-refractivity contribution < 1.29 is 18.0 Å². The van der Waals surface area contributed by atoms with Gasteiger partial charge in [0.15, 0.2) is 0 Å². The number of halogens is 1. The minimum atomic E-state index is -4.02. The van der Waals surface area contributed by atoms with E-state index in [1.165, 1.54) is 19.0 Å². The van der Waals surface area contributed by atoms with Gasteiger partial charge in [0.1, 0.15) is 12.6 Å². The van der Waals surface area contributed by atoms with E-state index in [1.54, 1.807) is 44.2 Å². The minimum absolute atomic E-state index is 0.0518. The molecule has 0 radical (unpaired) electrons. The fraction of sp³-hybridized carbons (Fsp3) is 0.462. The summed E-state index contributed by atoms with van der Waals surface area (Å²) in [7, 11) is -1.18. The first-order chi connectivity index (χ1) is 16.8. The zero-order valence-corrected chi connectivity index (χ0v) is 23.7. The van der Waals surface area contributed by atoms with Crippen LogP contribution < -0.4 is 9.62 Å². The molecule has 2 aromatic rings. The lowest BCUT2D eigenvalue weighted by atomic mass is 10.1. The average Bonchev–Trinajstić information content (AvgIpc) is 2.82. The molecule has 2 amide bonds. The number of rotatable bonds is 11. The SMILES string of the molecule is CCC(C)NC(=O)C(C)N(Cc1ccccc1Cl)C(=O)CN(c1cc(C)ccc1C)S(=O)(=O)N(C)C. The third-order valence-electron chi connectivity index (χ3n) is 6.12. The number of benzene rings is 2. The highest BCUT2D eigenvalue weighted by atomic mass is 35.5. The van der Waals surface area contributed by atoms with Crippen LogP contribution in [0.4, 0.5) is 5.69 Å². The summed E-state index contributed by atoms with van der Waals surface area (Å²) >= 11 is 6.37. The first-order valence-electron chi connectivity index (χ1n) is 11.9. The maximum atomic E-state index is 13.8. The molecule has 10 heteroatoms. The third-order valence-corrected chi connectivity index (χ3v) is 8.29. The van der Waals surface area contributed by atoms with Crippen molar-refractivity contribution in [3.63, 3.8) is 0 Å². The Hall–Kier alpha value is -2.62. The van der Waals surface area contributed by atoms with Crippen LogP contribution in [0.3, 0.4) is 0 Å². The minimum Gasteiger partial charge on any atom is -0.352 e. The van der Waals surface area contributed by atoms with Gasteiger partial charge >= 0.3 is 10.2 Å². The maximum Gasteiger partial charge on any atom is 0.304 e. The van der Waals surface area contributed by atoms with E-state index in [2.05, 4.69) is 5.32 Å². The number of aryl methyl sites for hydroxylation is 2. The fourth-order valence-electron chi connectivity index (χ4n) is 3.55. The molecule has 0 aliphatic rings. The number of carbonyl (C=O) groups excluding carboxylic acids is 2. The van der Waals surface area contributed by atoms with Gasteiger partial charge in [0.2, 0.25) is 11.8 Å². The lowest BCUT2D eigenvalue weighted by molar-refractivity contribution is -0.139. The monoisotopic (exact) mass is 536 g/mol. The smallest absolute Gasteiger partial charge is 0.304 e. The van der Waals surface area contributed by atoms with Crippen LogP contribution in [0.15, 0.2) is 42.5 Å². The van der Waals surface area contributed by atoms with E-state index < -0.39 is 28.7 Å². The van der Waals surface area contributed by atoms with Gasteiger partial charge in [-0.1, -0.05) is 48.9 Å². The van der Waals surface area contributed by atoms with E-state index in [4.69, 9.17) is 11.6 Å². The number of nitrogens with zero attached hydrogens (tertiary/aromatic N) is 3. The molecule has 0 fully saturated rings. The number of carbonyl (C=O) groups is 2. The maximum absolute atomic E-state index is 13.8. The molecule has 0 aromatic heterocycles. The number of anilines is 1. The molecule has 2 atom stereocenters. The normalized spacial score (nSPS) is 13.2. The molecule has 0 aliphatic carbocycles. The van der Waals surface area contributed by atoms with Crippen molar-refractivity contribution in [2.45, 2.75) is 59.7 Å². The van der Waals surface area contributed by atoms with Crippen LogP contribution in [-0.2, 0) is 26.3 Å². The van der Waals surface area contributed by atoms with Crippen molar-refractivity contribution in [2.75, 3.05) is 24.9 Å². The Morgan fingerprint density at radius 3 is 2.28 bits per heavy atom. The van der Waals surface area contributed by atoms with Crippen LogP contribution in [0.5, 0.6) is 0 Å². The summed E-state index contributed by atoms with van der Waals surface area (Å²) in [6.07, 6.45) is 0.735. The van der Waals surface area contributed by atoms with Crippen LogP contribution in [0.1, 0.15) is 43.9 Å². The van der Waals surface area contributed by atoms with E-state index in [9.17, 15) is 18.0 Å². The van der Waals surface area contributed by atoms with E-state index in [0.29, 0.717) is 21.8 Å². The summed E-state index contributed by atoms with van der Waals surface area (Å²) < 4.78 is 28.8. The molecule has 0 aliphatic heterocycles. The van der Waals surface area contributed by atoms with Crippen LogP contribution in [0.25, 0.3) is 0 Å². The Balaban J connectivity index is 2.52. The molecule has 1 N–H and O–H groups in total. The number of hydrogen-bond donors (Lipinski definition) is 1. The zero-order chi connectivity index (χ0) is 27.2. The predicted octanol–water partition coefficient (Wildman–Crippen LogP) is 3.90. The van der Waals surface area contributed by atoms with Gasteiger partial charge < -0.3 is 10.2 Å². The fourth-order valence-corrected chi connectivity index (χ4v) is 4.86. The molecule has 8 nitrogen and oxygen atoms in total. The second kappa shape index (κ2) is 12.6. The summed E-state index contributed by atoms with van der Waals surface area (Å²) in [5, 5.41) is 3.36. The van der Waals surface area contributed by atoms with Crippen LogP contribution >= 0.6 is 11.6 Å². The lowest BCUT2D eigenvalue weighted by Crippen LogP contribution is -2.53. The summed E-state index contributed by atoms with van der Waals surface area (Å²) in [6.45, 7) is 8.70. The highest BCUT2D eigenvalue weighted by Crippen LogP contribution is 2.26. The first kappa shape index (κ1) is 29.6. The van der Waals surface area contributed by atoms with Crippen molar-refractivity contribution in [3.05, 3.63) is 64.2 Å². The molecule has 198 valence electrons. The summed E-state index contributed by atoms with van der Waals surface area (Å²) in [6, 6.07) is 11.6. The van der Waals surface area contributed by atoms with E-state index >= 15 is 0 Å². The zero-order valence-electron chi connectivity index (χ0n) is 22.1. The molecule has 0 saturated carbocycles. The number of hydrogen-bond acceptors (Lipinski definition) is 4. The quantitative estimate of drug-likeness (QED) is 0.471. The Kier molecular flexibility index (Phi) is 10.3. The Labute approximate surface area is 220 Å². The van der Waals surface area contributed by atoms with E-state index in [1.807, 2.05) is 32.9 Å². The van der Waals surface area contributed by atoms with Crippen molar-refractivity contribution in [1.29, 1.82) is 0 Å². The first-order valence-corrected chi connectivity index (χ1v) is 13.7. The van der Waals surface area contributed by atoms with Crippen LogP contribution in [-0.4, -0.2) is 62.2 Å². The van der Waals surface area contributed by atoms with Crippen LogP contribution in [0.2, 0.25) is 5.02 Å². The van der Waals surface area contributed by atoms with Crippen molar-refractivity contribution in [3.8, 4) is 0 Å². The topological polar surface area (TPSA) is 90.0 Å². The van der Waals surface area contributed by atoms with Crippen molar-refractivity contribution in [2.24, 2.45) is 0 Å². The second-order valence-electron chi connectivity index (χ2n) is 9.19. The standard InChI is InChI=1S/C26H37ClN4O4S/c1-8-20(4)28-26(33)21(5)30(16-22-11-9-10-12-23(22)27)25(32)17-31(36(34,35)29(6)7)24-15-18(2)13-14-19(24)3/h9-15,20-21H,8,16-17H2,1-7H3,(H,28,33). The van der Waals surface area contributed by atoms with Gasteiger partial charge in [-0.25, -0.2) is 4.31 Å². The Morgan fingerprint density at radius 1 is 1.06 bits per heavy atom. The molecule has 2 rings (SSSR count). The van der Waals surface area contributed by atoms with Gasteiger partial charge in [-0.3, -0.25) is 9.59 Å². The Bertz CT molecular complexity index is 1190. The summed E-state index contributed by atoms with van der Waals surface area (Å²) in [4.78, 5) is 28.2. The average molecular weight is 537 g/mol. The molecule has 0 heterocycles. The van der Waals surface area contributed by atoms with Gasteiger partial charge in [-0.05, 0) is 62.9 Å². The van der Waals surface area contributed by atoms with Gasteiger partial charge in [0.05, 0.1) is 5.69 Å². The third kappa shape index (κ3) is 7.21. The Morgan fingerprint density at radius 2 is 1.69 bits per heavy atom. The number of nitrogens with one attached hydrogen (secondary N) is 1. The van der Waals surface area contributed by atoms with Crippen LogP contribution in [0, 0.1) is 13.8 Å². The highest BCUT2D eigenvalue weighted by molar-refractivity contribution is 7.90. The molecule has 2 aromatic carbocycles. The van der Waals surface area contributed by atoms with Gasteiger partial charge in [0, 0.05) is 31.7 Å². The van der Waals surface area contributed by atoms with Gasteiger partial charge in [0.25, 0.3) is 0 Å². The number of amides is 2. The lowest BCUT2D eigenvalue weighted by Gasteiger charge is -2.34. The second-order valence-corrected chi connectivity index (χ2v) is 11.7. The molecular formula is C26H37ClN4O4S. The predicted molar refractivity (Wildman–Crippen MR) is 145 cm³/mol. The molecule has 36 heavy (non-hydrogen) atoms.